The van der Waals surface area contributed by atoms with Crippen molar-refractivity contribution < 1.29 is 4.79 Å². The van der Waals surface area contributed by atoms with E-state index in [0.717, 1.165) is 31.5 Å². The van der Waals surface area contributed by atoms with E-state index in [2.05, 4.69) is 15.3 Å². The summed E-state index contributed by atoms with van der Waals surface area (Å²) < 4.78 is 0. The molecule has 6 heteroatoms. The van der Waals surface area contributed by atoms with E-state index in [9.17, 15) is 4.79 Å². The van der Waals surface area contributed by atoms with Crippen LogP contribution in [0.25, 0.3) is 0 Å². The lowest BCUT2D eigenvalue weighted by molar-refractivity contribution is 0.0718. The van der Waals surface area contributed by atoms with Crippen LogP contribution in [0.15, 0.2) is 36.5 Å². The second kappa shape index (κ2) is 7.42. The summed E-state index contributed by atoms with van der Waals surface area (Å²) in [4.78, 5) is 22.8. The van der Waals surface area contributed by atoms with Gasteiger partial charge in [0.05, 0.1) is 0 Å². The highest BCUT2D eigenvalue weighted by Crippen LogP contribution is 2.13. The van der Waals surface area contributed by atoms with Crippen LogP contribution in [0.3, 0.4) is 0 Å². The number of benzene rings is 1. The molecular weight excluding hydrogens is 312 g/mol. The number of hydrogen-bond acceptors (Lipinski definition) is 4. The normalized spacial score (nSPS) is 14.6. The van der Waals surface area contributed by atoms with Gasteiger partial charge in [0, 0.05) is 30.9 Å². The van der Waals surface area contributed by atoms with Crippen LogP contribution in [0.4, 0.5) is 5.95 Å². The summed E-state index contributed by atoms with van der Waals surface area (Å²) in [6, 6.07) is 9.24. The van der Waals surface area contributed by atoms with Gasteiger partial charge in [-0.2, -0.15) is 0 Å². The molecule has 3 rings (SSSR count). The molecule has 0 unspecified atom stereocenters. The third-order valence-electron chi connectivity index (χ3n) is 3.88. The predicted molar refractivity (Wildman–Crippen MR) is 90.6 cm³/mol. The molecule has 1 aromatic heterocycles. The molecule has 0 saturated carbocycles. The molecule has 1 amide bonds. The topological polar surface area (TPSA) is 58.1 Å². The van der Waals surface area contributed by atoms with E-state index in [1.54, 1.807) is 12.3 Å². The number of likely N-dealkylation sites (tertiary alicyclic amines) is 1. The zero-order valence-corrected chi connectivity index (χ0v) is 13.6. The van der Waals surface area contributed by atoms with Gasteiger partial charge < -0.3 is 10.2 Å². The maximum Gasteiger partial charge on any atom is 0.272 e. The van der Waals surface area contributed by atoms with Crippen molar-refractivity contribution >= 4 is 23.5 Å². The molecule has 1 aromatic carbocycles. The second-order valence-corrected chi connectivity index (χ2v) is 6.03. The predicted octanol–water partition coefficient (Wildman–Crippen LogP) is 3.37. The molecule has 1 aliphatic rings. The highest BCUT2D eigenvalue weighted by molar-refractivity contribution is 6.30. The fourth-order valence-corrected chi connectivity index (χ4v) is 2.73. The lowest BCUT2D eigenvalue weighted by Gasteiger charge is -2.26. The van der Waals surface area contributed by atoms with Gasteiger partial charge in [0.1, 0.15) is 5.69 Å². The molecule has 1 fully saturated rings. The molecule has 1 saturated heterocycles. The number of hydrogen-bond donors (Lipinski definition) is 1. The smallest absolute Gasteiger partial charge is 0.272 e. The van der Waals surface area contributed by atoms with Crippen LogP contribution in [0, 0.1) is 0 Å². The SMILES string of the molecule is O=C(c1ccnc(NCc2ccc(Cl)cc2)n1)N1CCCCC1. The molecule has 0 atom stereocenters. The molecular formula is C17H19ClN4O. The minimum atomic E-state index is -0.0124. The summed E-state index contributed by atoms with van der Waals surface area (Å²) in [6.07, 6.45) is 4.95. The molecule has 5 nitrogen and oxygen atoms in total. The van der Waals surface area contributed by atoms with Crippen molar-refractivity contribution in [3.05, 3.63) is 52.8 Å². The summed E-state index contributed by atoms with van der Waals surface area (Å²) >= 11 is 5.87. The maximum absolute atomic E-state index is 12.5. The van der Waals surface area contributed by atoms with Crippen molar-refractivity contribution in [3.63, 3.8) is 0 Å². The number of anilines is 1. The van der Waals surface area contributed by atoms with Crippen molar-refractivity contribution in [3.8, 4) is 0 Å². The van der Waals surface area contributed by atoms with E-state index >= 15 is 0 Å². The minimum Gasteiger partial charge on any atom is -0.350 e. The van der Waals surface area contributed by atoms with Gasteiger partial charge >= 0.3 is 0 Å². The van der Waals surface area contributed by atoms with E-state index in [-0.39, 0.29) is 5.91 Å². The molecule has 0 radical (unpaired) electrons. The zero-order chi connectivity index (χ0) is 16.1. The molecule has 0 aliphatic carbocycles. The molecule has 23 heavy (non-hydrogen) atoms. The highest BCUT2D eigenvalue weighted by Gasteiger charge is 2.19. The number of amides is 1. The van der Waals surface area contributed by atoms with E-state index in [0.29, 0.717) is 23.2 Å². The number of piperidine rings is 1. The second-order valence-electron chi connectivity index (χ2n) is 5.60. The number of aromatic nitrogens is 2. The first-order valence-electron chi connectivity index (χ1n) is 7.83. The minimum absolute atomic E-state index is 0.0124. The van der Waals surface area contributed by atoms with Crippen LogP contribution in [0.1, 0.15) is 35.3 Å². The summed E-state index contributed by atoms with van der Waals surface area (Å²) in [5.41, 5.74) is 1.52. The summed E-state index contributed by atoms with van der Waals surface area (Å²) in [6.45, 7) is 2.21. The van der Waals surface area contributed by atoms with E-state index in [1.807, 2.05) is 29.2 Å². The van der Waals surface area contributed by atoms with Crippen LogP contribution in [-0.2, 0) is 6.54 Å². The molecule has 1 N–H and O–H groups in total. The highest BCUT2D eigenvalue weighted by atomic mass is 35.5. The van der Waals surface area contributed by atoms with E-state index < -0.39 is 0 Å². The molecule has 120 valence electrons. The fourth-order valence-electron chi connectivity index (χ4n) is 2.61. The van der Waals surface area contributed by atoms with Gasteiger partial charge in [-0.1, -0.05) is 23.7 Å². The maximum atomic E-state index is 12.5. The van der Waals surface area contributed by atoms with Gasteiger partial charge in [-0.25, -0.2) is 9.97 Å². The zero-order valence-electron chi connectivity index (χ0n) is 12.8. The van der Waals surface area contributed by atoms with Crippen LogP contribution in [0.2, 0.25) is 5.02 Å². The number of rotatable bonds is 4. The fraction of sp³-hybridized carbons (Fsp3) is 0.353. The monoisotopic (exact) mass is 330 g/mol. The third kappa shape index (κ3) is 4.20. The van der Waals surface area contributed by atoms with Crippen molar-refractivity contribution in [2.24, 2.45) is 0 Å². The van der Waals surface area contributed by atoms with Gasteiger partial charge in [0.25, 0.3) is 5.91 Å². The summed E-state index contributed by atoms with van der Waals surface area (Å²) in [5.74, 6) is 0.449. The molecule has 1 aliphatic heterocycles. The number of nitrogens with one attached hydrogen (secondary N) is 1. The Kier molecular flexibility index (Phi) is 5.08. The Hall–Kier alpha value is -2.14. The summed E-state index contributed by atoms with van der Waals surface area (Å²) in [5, 5.41) is 3.85. The third-order valence-corrected chi connectivity index (χ3v) is 4.13. The quantitative estimate of drug-likeness (QED) is 0.933. The lowest BCUT2D eigenvalue weighted by Crippen LogP contribution is -2.36. The first-order valence-corrected chi connectivity index (χ1v) is 8.21. The van der Waals surface area contributed by atoms with Crippen molar-refractivity contribution in [1.29, 1.82) is 0 Å². The molecule has 2 aromatic rings. The first kappa shape index (κ1) is 15.7. The standard InChI is InChI=1S/C17H19ClN4O/c18-14-6-4-13(5-7-14)12-20-17-19-9-8-15(21-17)16(23)22-10-2-1-3-11-22/h4-9H,1-3,10-12H2,(H,19,20,21). The van der Waals surface area contributed by atoms with Crippen LogP contribution >= 0.6 is 11.6 Å². The Morgan fingerprint density at radius 3 is 2.61 bits per heavy atom. The van der Waals surface area contributed by atoms with Crippen LogP contribution in [-0.4, -0.2) is 33.9 Å². The largest absolute Gasteiger partial charge is 0.350 e. The molecule has 0 spiro atoms. The number of carbonyl (C=O) groups excluding carboxylic acids is 1. The van der Waals surface area contributed by atoms with Crippen LogP contribution < -0.4 is 5.32 Å². The molecule has 2 heterocycles. The number of nitrogens with zero attached hydrogens (tertiary/aromatic N) is 3. The number of carbonyl (C=O) groups is 1. The molecule has 0 bridgehead atoms. The van der Waals surface area contributed by atoms with Gasteiger partial charge in [-0.3, -0.25) is 4.79 Å². The van der Waals surface area contributed by atoms with Gasteiger partial charge in [0.2, 0.25) is 5.95 Å². The van der Waals surface area contributed by atoms with Crippen molar-refractivity contribution in [1.82, 2.24) is 14.9 Å². The Balaban J connectivity index is 1.64. The Labute approximate surface area is 140 Å². The first-order chi connectivity index (χ1) is 11.2. The van der Waals surface area contributed by atoms with Gasteiger partial charge in [0.15, 0.2) is 0 Å². The Morgan fingerprint density at radius 1 is 1.13 bits per heavy atom. The Bertz CT molecular complexity index is 669. The average molecular weight is 331 g/mol. The van der Waals surface area contributed by atoms with Crippen molar-refractivity contribution in [2.45, 2.75) is 25.8 Å². The Morgan fingerprint density at radius 2 is 1.87 bits per heavy atom. The van der Waals surface area contributed by atoms with Gasteiger partial charge in [-0.15, -0.1) is 0 Å². The van der Waals surface area contributed by atoms with Crippen molar-refractivity contribution in [2.75, 3.05) is 18.4 Å². The lowest BCUT2D eigenvalue weighted by atomic mass is 10.1. The summed E-state index contributed by atoms with van der Waals surface area (Å²) in [7, 11) is 0. The van der Waals surface area contributed by atoms with E-state index in [1.165, 1.54) is 6.42 Å². The van der Waals surface area contributed by atoms with Gasteiger partial charge in [-0.05, 0) is 43.0 Å². The van der Waals surface area contributed by atoms with E-state index in [4.69, 9.17) is 11.6 Å². The van der Waals surface area contributed by atoms with Crippen LogP contribution in [0.5, 0.6) is 0 Å². The average Bonchev–Trinajstić information content (AvgIpc) is 2.61. The number of halogens is 1.